The molecule has 2 heterocycles. The molecule has 6 heteroatoms. The molecular formula is C28H42N4O2. The van der Waals surface area contributed by atoms with Crippen molar-refractivity contribution < 1.29 is 9.53 Å². The average Bonchev–Trinajstić information content (AvgIpc) is 3.43. The number of amides is 1. The number of unbranched alkanes of at least 4 members (excludes halogenated alkanes) is 1. The maximum absolute atomic E-state index is 12.0. The zero-order valence-corrected chi connectivity index (χ0v) is 21.3. The maximum atomic E-state index is 12.0. The van der Waals surface area contributed by atoms with Gasteiger partial charge in [0, 0.05) is 12.6 Å². The van der Waals surface area contributed by atoms with E-state index in [0.717, 1.165) is 54.7 Å². The van der Waals surface area contributed by atoms with Gasteiger partial charge in [0.2, 0.25) is 0 Å². The van der Waals surface area contributed by atoms with Gasteiger partial charge in [-0.05, 0) is 94.8 Å². The molecule has 4 rings (SSSR count). The van der Waals surface area contributed by atoms with Crippen molar-refractivity contribution in [3.63, 3.8) is 0 Å². The highest BCUT2D eigenvalue weighted by Gasteiger charge is 2.16. The van der Waals surface area contributed by atoms with Gasteiger partial charge >= 0.3 is 0 Å². The van der Waals surface area contributed by atoms with Crippen LogP contribution in [0.1, 0.15) is 87.8 Å². The zero-order chi connectivity index (χ0) is 24.2. The lowest BCUT2D eigenvalue weighted by molar-refractivity contribution is 0.0957. The Kier molecular flexibility index (Phi) is 10.8. The van der Waals surface area contributed by atoms with Crippen molar-refractivity contribution in [3.8, 4) is 16.9 Å². The maximum Gasteiger partial charge on any atom is 0.271 e. The fraction of sp³-hybridized carbons (Fsp3) is 0.607. The summed E-state index contributed by atoms with van der Waals surface area (Å²) in [5.74, 6) is 0.692. The molecule has 1 saturated carbocycles. The summed E-state index contributed by atoms with van der Waals surface area (Å²) in [6.07, 6.45) is 12.3. The first kappa shape index (κ1) is 26.1. The Morgan fingerprint density at radius 3 is 2.32 bits per heavy atom. The van der Waals surface area contributed by atoms with Crippen molar-refractivity contribution in [2.45, 2.75) is 84.2 Å². The summed E-state index contributed by atoms with van der Waals surface area (Å²) in [6.45, 7) is 8.32. The first-order valence-corrected chi connectivity index (χ1v) is 13.2. The van der Waals surface area contributed by atoms with E-state index in [9.17, 15) is 4.79 Å². The summed E-state index contributed by atoms with van der Waals surface area (Å²) in [5, 5.41) is 11.0. The van der Waals surface area contributed by atoms with E-state index in [0.29, 0.717) is 11.8 Å². The van der Waals surface area contributed by atoms with Crippen LogP contribution in [0.5, 0.6) is 5.75 Å². The summed E-state index contributed by atoms with van der Waals surface area (Å²) < 4.78 is 6.13. The number of carbonyl (C=O) groups is 1. The third-order valence-electron chi connectivity index (χ3n) is 6.76. The van der Waals surface area contributed by atoms with Crippen LogP contribution >= 0.6 is 0 Å². The van der Waals surface area contributed by atoms with Crippen molar-refractivity contribution in [2.75, 3.05) is 26.7 Å². The zero-order valence-electron chi connectivity index (χ0n) is 21.3. The number of nitrogens with zero attached hydrogens (tertiary/aromatic N) is 3. The van der Waals surface area contributed by atoms with Crippen LogP contribution in [-0.4, -0.2) is 53.8 Å². The number of carbonyl (C=O) groups excluding carboxylic acids is 1. The van der Waals surface area contributed by atoms with E-state index in [4.69, 9.17) is 4.74 Å². The molecule has 1 saturated heterocycles. The minimum Gasteiger partial charge on any atom is -0.490 e. The molecule has 34 heavy (non-hydrogen) atoms. The number of ether oxygens (including phenoxy) is 1. The van der Waals surface area contributed by atoms with Crippen LogP contribution in [0.15, 0.2) is 30.3 Å². The van der Waals surface area contributed by atoms with Gasteiger partial charge in [-0.2, -0.15) is 5.10 Å². The smallest absolute Gasteiger partial charge is 0.271 e. The van der Waals surface area contributed by atoms with Gasteiger partial charge in [0.25, 0.3) is 5.91 Å². The number of hydrogen-bond donors (Lipinski definition) is 1. The monoisotopic (exact) mass is 466 g/mol. The first-order valence-electron chi connectivity index (χ1n) is 13.2. The lowest BCUT2D eigenvalue weighted by atomic mass is 9.97. The predicted octanol–water partition coefficient (Wildman–Crippen LogP) is 5.66. The summed E-state index contributed by atoms with van der Waals surface area (Å²) in [7, 11) is 1.60. The van der Waals surface area contributed by atoms with Crippen LogP contribution in [0.25, 0.3) is 11.1 Å². The predicted molar refractivity (Wildman–Crippen MR) is 138 cm³/mol. The second-order valence-corrected chi connectivity index (χ2v) is 9.32. The van der Waals surface area contributed by atoms with Crippen LogP contribution in [0.2, 0.25) is 0 Å². The molecular weight excluding hydrogens is 424 g/mol. The average molecular weight is 467 g/mol. The van der Waals surface area contributed by atoms with Gasteiger partial charge in [0.05, 0.1) is 11.8 Å². The van der Waals surface area contributed by atoms with E-state index in [2.05, 4.69) is 46.4 Å². The van der Waals surface area contributed by atoms with E-state index in [-0.39, 0.29) is 5.91 Å². The van der Waals surface area contributed by atoms with Crippen LogP contribution in [0, 0.1) is 0 Å². The summed E-state index contributed by atoms with van der Waals surface area (Å²) in [4.78, 5) is 14.5. The van der Waals surface area contributed by atoms with E-state index in [1.54, 1.807) is 7.05 Å². The normalized spacial score (nSPS) is 16.6. The topological polar surface area (TPSA) is 67.3 Å². The Morgan fingerprint density at radius 1 is 1.03 bits per heavy atom. The molecule has 0 radical (unpaired) electrons. The van der Waals surface area contributed by atoms with Crippen LogP contribution < -0.4 is 10.1 Å². The third-order valence-corrected chi connectivity index (χ3v) is 6.76. The number of aryl methyl sites for hydroxylation is 1. The Hall–Kier alpha value is -2.47. The molecule has 1 aliphatic carbocycles. The molecule has 2 aliphatic rings. The minimum atomic E-state index is -0.219. The lowest BCUT2D eigenvalue weighted by Gasteiger charge is -2.23. The van der Waals surface area contributed by atoms with Gasteiger partial charge in [-0.3, -0.25) is 4.79 Å². The highest BCUT2D eigenvalue weighted by molar-refractivity contribution is 5.93. The van der Waals surface area contributed by atoms with Crippen molar-refractivity contribution in [3.05, 3.63) is 41.7 Å². The van der Waals surface area contributed by atoms with Crippen LogP contribution in [-0.2, 0) is 6.42 Å². The van der Waals surface area contributed by atoms with Crippen LogP contribution in [0.3, 0.4) is 0 Å². The van der Waals surface area contributed by atoms with Crippen molar-refractivity contribution >= 4 is 5.91 Å². The Labute approximate surface area is 205 Å². The number of likely N-dealkylation sites (tertiary alicyclic amines) is 1. The molecule has 0 spiro atoms. The van der Waals surface area contributed by atoms with E-state index >= 15 is 0 Å². The Morgan fingerprint density at radius 2 is 1.74 bits per heavy atom. The van der Waals surface area contributed by atoms with Crippen LogP contribution in [0.4, 0.5) is 0 Å². The lowest BCUT2D eigenvalue weighted by Crippen LogP contribution is -2.20. The number of nitrogens with one attached hydrogen (secondary N) is 1. The number of hydrogen-bond acceptors (Lipinski definition) is 5. The summed E-state index contributed by atoms with van der Waals surface area (Å²) >= 11 is 0. The van der Waals surface area contributed by atoms with Gasteiger partial charge in [-0.25, -0.2) is 0 Å². The van der Waals surface area contributed by atoms with Gasteiger partial charge < -0.3 is 15.0 Å². The summed E-state index contributed by atoms with van der Waals surface area (Å²) in [5.41, 5.74) is 3.29. The molecule has 2 fully saturated rings. The molecule has 1 amide bonds. The molecule has 1 aromatic carbocycles. The molecule has 1 aliphatic heterocycles. The van der Waals surface area contributed by atoms with Gasteiger partial charge in [-0.1, -0.05) is 38.8 Å². The van der Waals surface area contributed by atoms with Crippen molar-refractivity contribution in [1.82, 2.24) is 20.4 Å². The van der Waals surface area contributed by atoms with Gasteiger partial charge in [-0.15, -0.1) is 5.10 Å². The number of aromatic nitrogens is 2. The minimum absolute atomic E-state index is 0.219. The molecule has 0 atom stereocenters. The van der Waals surface area contributed by atoms with Crippen molar-refractivity contribution in [2.24, 2.45) is 0 Å². The molecule has 1 N–H and O–H groups in total. The standard InChI is InChI=1S/C22H29N3O2.C6H13N/c1-3-4-10-20-19(15-21(25-24-20)22(26)23-2)16-11-13-18(14-12-16)27-17-8-6-5-7-9-17;1-2-7-5-3-4-6-7/h11-15,17H,3-10H2,1-2H3,(H,23,26);2-6H2,1H3. The highest BCUT2D eigenvalue weighted by Crippen LogP contribution is 2.28. The SMILES string of the molecule is CCCCc1nnc(C(=O)NC)cc1-c1ccc(OC2CCCCC2)cc1.CCN1CCCC1. The van der Waals surface area contributed by atoms with E-state index in [1.165, 1.54) is 51.7 Å². The van der Waals surface area contributed by atoms with Gasteiger partial charge in [0.1, 0.15) is 5.75 Å². The van der Waals surface area contributed by atoms with E-state index < -0.39 is 0 Å². The molecule has 6 nitrogen and oxygen atoms in total. The van der Waals surface area contributed by atoms with Gasteiger partial charge in [0.15, 0.2) is 5.69 Å². The molecule has 0 bridgehead atoms. The Balaban J connectivity index is 0.000000396. The number of rotatable bonds is 8. The Bertz CT molecular complexity index is 872. The van der Waals surface area contributed by atoms with E-state index in [1.807, 2.05) is 18.2 Å². The second kappa shape index (κ2) is 14.1. The first-order chi connectivity index (χ1) is 16.6. The van der Waals surface area contributed by atoms with Crippen molar-refractivity contribution in [1.29, 1.82) is 0 Å². The largest absolute Gasteiger partial charge is 0.490 e. The fourth-order valence-corrected chi connectivity index (χ4v) is 4.62. The highest BCUT2D eigenvalue weighted by atomic mass is 16.5. The summed E-state index contributed by atoms with van der Waals surface area (Å²) in [6, 6.07) is 9.99. The molecule has 186 valence electrons. The second-order valence-electron chi connectivity index (χ2n) is 9.32. The molecule has 1 aromatic heterocycles. The number of benzene rings is 1. The quantitative estimate of drug-likeness (QED) is 0.544. The molecule has 2 aromatic rings. The third kappa shape index (κ3) is 7.79. The fourth-order valence-electron chi connectivity index (χ4n) is 4.62. The molecule has 0 unspecified atom stereocenters.